The number of hydrogen-bond donors (Lipinski definition) is 1. The van der Waals surface area contributed by atoms with Crippen LogP contribution in [-0.4, -0.2) is 15.8 Å². The Morgan fingerprint density at radius 1 is 1.38 bits per heavy atom. The molecule has 1 N–H and O–H groups in total. The first-order valence-corrected chi connectivity index (χ1v) is 7.63. The van der Waals surface area contributed by atoms with E-state index in [9.17, 15) is 4.39 Å². The molecule has 0 unspecified atom stereocenters. The highest BCUT2D eigenvalue weighted by Gasteiger charge is 2.22. The summed E-state index contributed by atoms with van der Waals surface area (Å²) < 4.78 is 15.9. The molecule has 0 bridgehead atoms. The molecule has 3 rings (SSSR count). The summed E-state index contributed by atoms with van der Waals surface area (Å²) in [6.45, 7) is 5.27. The van der Waals surface area contributed by atoms with Gasteiger partial charge in [0.1, 0.15) is 5.82 Å². The molecule has 2 aromatic rings. The van der Waals surface area contributed by atoms with Crippen molar-refractivity contribution >= 4 is 11.6 Å². The van der Waals surface area contributed by atoms with Gasteiger partial charge in [0.2, 0.25) is 0 Å². The van der Waals surface area contributed by atoms with Crippen molar-refractivity contribution < 1.29 is 4.39 Å². The predicted molar refractivity (Wildman–Crippen MR) is 82.1 cm³/mol. The predicted octanol–water partition coefficient (Wildman–Crippen LogP) is 3.59. The van der Waals surface area contributed by atoms with Crippen molar-refractivity contribution in [3.63, 3.8) is 0 Å². The number of aryl methyl sites for hydroxylation is 1. The van der Waals surface area contributed by atoms with Crippen molar-refractivity contribution in [2.45, 2.75) is 45.8 Å². The normalized spacial score (nSPS) is 14.7. The van der Waals surface area contributed by atoms with Crippen LogP contribution in [0.2, 0.25) is 5.02 Å². The molecule has 0 amide bonds. The van der Waals surface area contributed by atoms with E-state index in [0.29, 0.717) is 18.2 Å². The standard InChI is InChI=1S/C16H19ClFN3/c1-10-14(8-19-13-6-7-13)11(2)21(20-10)9-12-4-3-5-15(17)16(12)18/h3-5,13,19H,6-9H2,1-2H3. The minimum absolute atomic E-state index is 0.157. The van der Waals surface area contributed by atoms with Gasteiger partial charge in [0.15, 0.2) is 0 Å². The number of rotatable bonds is 5. The monoisotopic (exact) mass is 307 g/mol. The molecular formula is C16H19ClFN3. The highest BCUT2D eigenvalue weighted by atomic mass is 35.5. The van der Waals surface area contributed by atoms with Gasteiger partial charge in [-0.1, -0.05) is 23.7 Å². The molecule has 1 heterocycles. The smallest absolute Gasteiger partial charge is 0.146 e. The van der Waals surface area contributed by atoms with Crippen LogP contribution in [0.1, 0.15) is 35.4 Å². The van der Waals surface area contributed by atoms with Crippen LogP contribution in [0.4, 0.5) is 4.39 Å². The Morgan fingerprint density at radius 2 is 2.14 bits per heavy atom. The van der Waals surface area contributed by atoms with Crippen molar-refractivity contribution in [3.8, 4) is 0 Å². The average Bonchev–Trinajstić information content (AvgIpc) is 3.23. The summed E-state index contributed by atoms with van der Waals surface area (Å²) in [4.78, 5) is 0. The second-order valence-corrected chi connectivity index (χ2v) is 6.08. The van der Waals surface area contributed by atoms with Gasteiger partial charge in [0, 0.05) is 29.4 Å². The van der Waals surface area contributed by atoms with E-state index >= 15 is 0 Å². The zero-order chi connectivity index (χ0) is 15.0. The Kier molecular flexibility index (Phi) is 4.00. The van der Waals surface area contributed by atoms with Gasteiger partial charge in [0.25, 0.3) is 0 Å². The molecule has 1 aromatic carbocycles. The lowest BCUT2D eigenvalue weighted by molar-refractivity contribution is 0.578. The van der Waals surface area contributed by atoms with Crippen LogP contribution in [0.3, 0.4) is 0 Å². The van der Waals surface area contributed by atoms with Crippen molar-refractivity contribution in [1.29, 1.82) is 0 Å². The quantitative estimate of drug-likeness (QED) is 0.915. The van der Waals surface area contributed by atoms with Crippen LogP contribution in [0.15, 0.2) is 18.2 Å². The summed E-state index contributed by atoms with van der Waals surface area (Å²) in [5.74, 6) is -0.357. The van der Waals surface area contributed by atoms with E-state index in [2.05, 4.69) is 10.4 Å². The number of aromatic nitrogens is 2. The van der Waals surface area contributed by atoms with Crippen molar-refractivity contribution in [2.24, 2.45) is 0 Å². The molecule has 0 aliphatic heterocycles. The van der Waals surface area contributed by atoms with Gasteiger partial charge in [0.05, 0.1) is 17.3 Å². The fraction of sp³-hybridized carbons (Fsp3) is 0.438. The summed E-state index contributed by atoms with van der Waals surface area (Å²) in [5, 5.41) is 8.20. The van der Waals surface area contributed by atoms with Crippen LogP contribution in [0.5, 0.6) is 0 Å². The fourth-order valence-corrected chi connectivity index (χ4v) is 2.70. The molecule has 0 saturated heterocycles. The van der Waals surface area contributed by atoms with E-state index < -0.39 is 0 Å². The molecule has 112 valence electrons. The number of nitrogens with zero attached hydrogens (tertiary/aromatic N) is 2. The molecule has 1 fully saturated rings. The molecule has 0 radical (unpaired) electrons. The maximum absolute atomic E-state index is 14.0. The van der Waals surface area contributed by atoms with Gasteiger partial charge >= 0.3 is 0 Å². The lowest BCUT2D eigenvalue weighted by Crippen LogP contribution is -2.16. The average molecular weight is 308 g/mol. The Hall–Kier alpha value is -1.39. The third-order valence-corrected chi connectivity index (χ3v) is 4.32. The van der Waals surface area contributed by atoms with Crippen LogP contribution in [0.25, 0.3) is 0 Å². The highest BCUT2D eigenvalue weighted by Crippen LogP contribution is 2.22. The van der Waals surface area contributed by atoms with E-state index in [1.807, 2.05) is 18.5 Å². The topological polar surface area (TPSA) is 29.9 Å². The second kappa shape index (κ2) is 5.78. The fourth-order valence-electron chi connectivity index (χ4n) is 2.51. The van der Waals surface area contributed by atoms with Crippen molar-refractivity contribution in [1.82, 2.24) is 15.1 Å². The molecule has 3 nitrogen and oxygen atoms in total. The first-order valence-electron chi connectivity index (χ1n) is 7.25. The van der Waals surface area contributed by atoms with E-state index in [1.165, 1.54) is 18.4 Å². The zero-order valence-electron chi connectivity index (χ0n) is 12.3. The minimum atomic E-state index is -0.357. The van der Waals surface area contributed by atoms with Gasteiger partial charge < -0.3 is 5.32 Å². The number of halogens is 2. The second-order valence-electron chi connectivity index (χ2n) is 5.68. The van der Waals surface area contributed by atoms with Crippen LogP contribution < -0.4 is 5.32 Å². The van der Waals surface area contributed by atoms with Crippen LogP contribution in [-0.2, 0) is 13.1 Å². The summed E-state index contributed by atoms with van der Waals surface area (Å²) >= 11 is 5.83. The molecule has 0 spiro atoms. The molecule has 21 heavy (non-hydrogen) atoms. The number of nitrogens with one attached hydrogen (secondary N) is 1. The summed E-state index contributed by atoms with van der Waals surface area (Å²) in [7, 11) is 0. The first kappa shape index (κ1) is 14.5. The third kappa shape index (κ3) is 3.11. The maximum atomic E-state index is 14.0. The maximum Gasteiger partial charge on any atom is 0.146 e. The molecule has 1 saturated carbocycles. The SMILES string of the molecule is Cc1nn(Cc2cccc(Cl)c2F)c(C)c1CNC1CC1. The Bertz CT molecular complexity index is 662. The summed E-state index contributed by atoms with van der Waals surface area (Å²) in [6.07, 6.45) is 2.53. The van der Waals surface area contributed by atoms with Gasteiger partial charge in [-0.15, -0.1) is 0 Å². The third-order valence-electron chi connectivity index (χ3n) is 4.03. The van der Waals surface area contributed by atoms with E-state index in [1.54, 1.807) is 18.2 Å². The van der Waals surface area contributed by atoms with E-state index in [-0.39, 0.29) is 10.8 Å². The number of benzene rings is 1. The molecule has 1 aliphatic rings. The summed E-state index contributed by atoms with van der Waals surface area (Å²) in [6, 6.07) is 5.74. The van der Waals surface area contributed by atoms with Gasteiger partial charge in [-0.3, -0.25) is 4.68 Å². The zero-order valence-corrected chi connectivity index (χ0v) is 13.0. The molecule has 1 aliphatic carbocycles. The van der Waals surface area contributed by atoms with Crippen LogP contribution in [0, 0.1) is 19.7 Å². The minimum Gasteiger partial charge on any atom is -0.310 e. The largest absolute Gasteiger partial charge is 0.310 e. The lowest BCUT2D eigenvalue weighted by atomic mass is 10.2. The molecule has 5 heteroatoms. The highest BCUT2D eigenvalue weighted by molar-refractivity contribution is 6.30. The molecular weight excluding hydrogens is 289 g/mol. The van der Waals surface area contributed by atoms with E-state index in [4.69, 9.17) is 11.6 Å². The van der Waals surface area contributed by atoms with Crippen molar-refractivity contribution in [3.05, 3.63) is 51.6 Å². The van der Waals surface area contributed by atoms with E-state index in [0.717, 1.165) is 17.9 Å². The Balaban J connectivity index is 1.81. The van der Waals surface area contributed by atoms with Gasteiger partial charge in [-0.25, -0.2) is 4.39 Å². The first-order chi connectivity index (χ1) is 10.1. The molecule has 0 atom stereocenters. The lowest BCUT2D eigenvalue weighted by Gasteiger charge is -2.08. The van der Waals surface area contributed by atoms with Crippen LogP contribution >= 0.6 is 11.6 Å². The van der Waals surface area contributed by atoms with Crippen molar-refractivity contribution in [2.75, 3.05) is 0 Å². The molecule has 1 aromatic heterocycles. The number of hydrogen-bond acceptors (Lipinski definition) is 2. The Labute approximate surface area is 129 Å². The Morgan fingerprint density at radius 3 is 2.86 bits per heavy atom. The van der Waals surface area contributed by atoms with Gasteiger partial charge in [-0.2, -0.15) is 5.10 Å². The summed E-state index contributed by atoms with van der Waals surface area (Å²) in [5.41, 5.74) is 3.86. The van der Waals surface area contributed by atoms with Gasteiger partial charge in [-0.05, 0) is 32.8 Å².